The van der Waals surface area contributed by atoms with Crippen LogP contribution in [0.3, 0.4) is 0 Å². The largest absolute Gasteiger partial charge is 0.504 e. The van der Waals surface area contributed by atoms with E-state index in [-0.39, 0.29) is 36.9 Å². The van der Waals surface area contributed by atoms with Crippen molar-refractivity contribution in [1.82, 2.24) is 15.1 Å². The number of ether oxygens (including phenoxy) is 5. The van der Waals surface area contributed by atoms with Crippen molar-refractivity contribution in [2.75, 3.05) is 32.8 Å². The van der Waals surface area contributed by atoms with Crippen LogP contribution < -0.4 is 24.3 Å². The molecule has 2 aromatic rings. The summed E-state index contributed by atoms with van der Waals surface area (Å²) < 4.78 is 30.3. The van der Waals surface area contributed by atoms with Gasteiger partial charge >= 0.3 is 11.9 Å². The van der Waals surface area contributed by atoms with Gasteiger partial charge in [-0.3, -0.25) is 19.4 Å². The summed E-state index contributed by atoms with van der Waals surface area (Å²) >= 11 is 1.43. The molecule has 1 amide bonds. The van der Waals surface area contributed by atoms with Gasteiger partial charge in [0.15, 0.2) is 23.0 Å². The number of piperazine rings is 1. The van der Waals surface area contributed by atoms with E-state index in [0.717, 1.165) is 36.8 Å². The molecule has 0 aromatic heterocycles. The van der Waals surface area contributed by atoms with Crippen LogP contribution in [-0.4, -0.2) is 89.7 Å². The lowest BCUT2D eigenvalue weighted by Crippen LogP contribution is -2.70. The van der Waals surface area contributed by atoms with Gasteiger partial charge < -0.3 is 34.1 Å². The molecule has 2 fully saturated rings. The number of benzene rings is 2. The quantitative estimate of drug-likeness (QED) is 0.0597. The van der Waals surface area contributed by atoms with Crippen molar-refractivity contribution in [3.05, 3.63) is 52.1 Å². The molecule has 2 saturated heterocycles. The number of cyclic esters (lactones) is 1. The number of hydrogen-bond acceptors (Lipinski definition) is 13. The van der Waals surface area contributed by atoms with E-state index < -0.39 is 47.4 Å². The molecule has 0 radical (unpaired) electrons. The summed E-state index contributed by atoms with van der Waals surface area (Å²) in [6.45, 7) is 11.6. The third-order valence-electron chi connectivity index (χ3n) is 13.7. The van der Waals surface area contributed by atoms with Gasteiger partial charge in [0.2, 0.25) is 12.7 Å². The number of nitriles is 1. The molecule has 7 atom stereocenters. The molecule has 63 heavy (non-hydrogen) atoms. The Balaban J connectivity index is 1.19. The SMILES string of the molecule is C=CCN1C2c3c(cc(C)c(OC)c3O)CC1[C@H](C#N)N1[C@H]2[C@@H]2SCC(NC(=O)CCCCCCCCCCCCCCC)C(=O)OC[C@H]1c1c3c(c(C)c(OC(C)=O)c12)OCO3. The Morgan fingerprint density at radius 1 is 0.984 bits per heavy atom. The first kappa shape index (κ1) is 46.5. The number of phenolic OH excluding ortho intramolecular Hbond substituents is 1. The van der Waals surface area contributed by atoms with Crippen molar-refractivity contribution < 1.29 is 43.2 Å². The van der Waals surface area contributed by atoms with Gasteiger partial charge in [-0.15, -0.1) is 18.3 Å². The Morgan fingerprint density at radius 3 is 2.29 bits per heavy atom. The number of hydrogen-bond donors (Lipinski definition) is 2. The highest BCUT2D eigenvalue weighted by Gasteiger charge is 2.61. The maximum Gasteiger partial charge on any atom is 0.329 e. The minimum Gasteiger partial charge on any atom is -0.504 e. The van der Waals surface area contributed by atoms with Crippen molar-refractivity contribution in [3.63, 3.8) is 0 Å². The third-order valence-corrected chi connectivity index (χ3v) is 15.1. The van der Waals surface area contributed by atoms with Gasteiger partial charge in [-0.2, -0.15) is 5.26 Å². The molecular weight excluding hydrogens is 821 g/mol. The van der Waals surface area contributed by atoms with Gasteiger partial charge in [0.25, 0.3) is 0 Å². The number of aromatic hydroxyl groups is 1. The Labute approximate surface area is 377 Å². The number of rotatable bonds is 19. The Morgan fingerprint density at radius 2 is 1.65 bits per heavy atom. The van der Waals surface area contributed by atoms with E-state index in [1.54, 1.807) is 0 Å². The third kappa shape index (κ3) is 9.39. The standard InChI is InChI=1S/C49H66N4O9S/c1-7-9-10-11-12-13-14-15-16-17-18-19-20-21-37(55)51-33-27-63-48-40-39(47-46(60-28-61-47)30(4)45(40)62-31(5)54)36(26-59-49(33)57)53-35(25-50)34-24-32-23-29(3)44(58-6)43(56)38(32)41(42(48)53)52(34)22-8-2/h8,23,33-36,41-42,48,56H,2,7,9-22,24,26-28H2,1,3-6H3,(H,51,55)/t33?,34?,35-,36-,41?,42+,48+/m0/s1. The summed E-state index contributed by atoms with van der Waals surface area (Å²) in [6, 6.07) is 0.858. The van der Waals surface area contributed by atoms with Crippen LogP contribution in [0, 0.1) is 25.2 Å². The van der Waals surface area contributed by atoms with E-state index in [9.17, 15) is 24.8 Å². The van der Waals surface area contributed by atoms with E-state index in [1.165, 1.54) is 83.6 Å². The molecule has 0 saturated carbocycles. The monoisotopic (exact) mass is 886 g/mol. The second kappa shape index (κ2) is 21.0. The summed E-state index contributed by atoms with van der Waals surface area (Å²) in [7, 11) is 1.54. The van der Waals surface area contributed by atoms with Gasteiger partial charge in [0.05, 0.1) is 30.5 Å². The van der Waals surface area contributed by atoms with Crippen LogP contribution in [0.4, 0.5) is 0 Å². The number of phenols is 1. The van der Waals surface area contributed by atoms with Gasteiger partial charge in [0, 0.05) is 60.0 Å². The number of nitrogens with one attached hydrogen (secondary N) is 1. The molecule has 7 rings (SSSR count). The van der Waals surface area contributed by atoms with E-state index in [0.29, 0.717) is 64.6 Å². The number of amides is 1. The van der Waals surface area contributed by atoms with Gasteiger partial charge in [-0.05, 0) is 37.8 Å². The fourth-order valence-corrected chi connectivity index (χ4v) is 12.4. The molecule has 5 heterocycles. The minimum atomic E-state index is -0.963. The van der Waals surface area contributed by atoms with E-state index in [4.69, 9.17) is 23.7 Å². The van der Waals surface area contributed by atoms with Crippen molar-refractivity contribution in [2.24, 2.45) is 0 Å². The zero-order valence-corrected chi connectivity index (χ0v) is 38.6. The molecule has 5 aliphatic rings. The molecule has 4 bridgehead atoms. The predicted molar refractivity (Wildman–Crippen MR) is 241 cm³/mol. The average molecular weight is 887 g/mol. The highest BCUT2D eigenvalue weighted by atomic mass is 32.2. The summed E-state index contributed by atoms with van der Waals surface area (Å²) in [5.74, 6) is 0.459. The number of carbonyl (C=O) groups excluding carboxylic acids is 3. The minimum absolute atomic E-state index is 0.0328. The number of aryl methyl sites for hydroxylation is 1. The second-order valence-corrected chi connectivity index (χ2v) is 19.0. The average Bonchev–Trinajstić information content (AvgIpc) is 3.75. The molecule has 2 aromatic carbocycles. The summed E-state index contributed by atoms with van der Waals surface area (Å²) in [6.07, 6.45) is 18.2. The fraction of sp³-hybridized carbons (Fsp3) is 0.633. The van der Waals surface area contributed by atoms with E-state index >= 15 is 0 Å². The van der Waals surface area contributed by atoms with Crippen LogP contribution in [0.25, 0.3) is 0 Å². The summed E-state index contributed by atoms with van der Waals surface area (Å²) in [5, 5.41) is 25.8. The molecule has 14 heteroatoms. The Kier molecular flexibility index (Phi) is 15.5. The number of carbonyl (C=O) groups is 3. The van der Waals surface area contributed by atoms with Crippen molar-refractivity contribution in [3.8, 4) is 34.8 Å². The van der Waals surface area contributed by atoms with E-state index in [1.807, 2.05) is 26.0 Å². The van der Waals surface area contributed by atoms with Gasteiger partial charge in [0.1, 0.15) is 24.4 Å². The number of fused-ring (bicyclic) bond motifs is 9. The number of unbranched alkanes of at least 4 members (excludes halogenated alkanes) is 12. The zero-order chi connectivity index (χ0) is 44.8. The number of methoxy groups -OCH3 is 1. The smallest absolute Gasteiger partial charge is 0.329 e. The molecule has 13 nitrogen and oxygen atoms in total. The Hall–Kier alpha value is -4.45. The number of thioether (sulfide) groups is 1. The maximum absolute atomic E-state index is 14.1. The van der Waals surface area contributed by atoms with Crippen molar-refractivity contribution in [1.29, 1.82) is 5.26 Å². The summed E-state index contributed by atoms with van der Waals surface area (Å²) in [4.78, 5) is 44.9. The number of nitrogens with zero attached hydrogens (tertiary/aromatic N) is 3. The second-order valence-electron chi connectivity index (χ2n) is 17.8. The molecule has 342 valence electrons. The predicted octanol–water partition coefficient (Wildman–Crippen LogP) is 8.75. The van der Waals surface area contributed by atoms with Crippen LogP contribution in [-0.2, 0) is 25.5 Å². The highest BCUT2D eigenvalue weighted by Crippen LogP contribution is 2.64. The van der Waals surface area contributed by atoms with Crippen LogP contribution in [0.1, 0.15) is 154 Å². The molecule has 5 aliphatic heterocycles. The number of esters is 2. The lowest BCUT2D eigenvalue weighted by molar-refractivity contribution is -0.153. The van der Waals surface area contributed by atoms with Crippen molar-refractivity contribution >= 4 is 29.6 Å². The topological polar surface area (TPSA) is 160 Å². The maximum atomic E-state index is 14.1. The van der Waals surface area contributed by atoms with E-state index in [2.05, 4.69) is 34.7 Å². The van der Waals surface area contributed by atoms with Crippen LogP contribution in [0.5, 0.6) is 28.7 Å². The molecule has 0 aliphatic carbocycles. The first-order valence-electron chi connectivity index (χ1n) is 23.2. The summed E-state index contributed by atoms with van der Waals surface area (Å²) in [5.41, 5.74) is 4.30. The van der Waals surface area contributed by atoms with Gasteiger partial charge in [-0.1, -0.05) is 96.1 Å². The lowest BCUT2D eigenvalue weighted by atomic mass is 9.71. The van der Waals surface area contributed by atoms with Crippen molar-refractivity contribution in [2.45, 2.75) is 166 Å². The molecule has 3 unspecified atom stereocenters. The Bertz CT molecular complexity index is 2070. The van der Waals surface area contributed by atoms with Crippen LogP contribution in [0.15, 0.2) is 18.7 Å². The molecule has 0 spiro atoms. The zero-order valence-electron chi connectivity index (χ0n) is 37.8. The molecule has 2 N–H and O–H groups in total. The van der Waals surface area contributed by atoms with Crippen LogP contribution >= 0.6 is 11.8 Å². The fourth-order valence-electron chi connectivity index (χ4n) is 10.9. The lowest BCUT2D eigenvalue weighted by Gasteiger charge is -2.62. The normalized spacial score (nSPS) is 24.6. The van der Waals surface area contributed by atoms with Gasteiger partial charge in [-0.25, -0.2) is 4.79 Å². The first-order chi connectivity index (χ1) is 30.6. The van der Waals surface area contributed by atoms with Crippen LogP contribution in [0.2, 0.25) is 0 Å². The highest BCUT2D eigenvalue weighted by molar-refractivity contribution is 7.99. The molecular formula is C49H66N4O9S. The first-order valence-corrected chi connectivity index (χ1v) is 24.3.